The zero-order chi connectivity index (χ0) is 13.7. The molecule has 0 heterocycles. The maximum Gasteiger partial charge on any atom is 0.227 e. The molecule has 0 spiro atoms. The van der Waals surface area contributed by atoms with E-state index in [0.29, 0.717) is 23.4 Å². The van der Waals surface area contributed by atoms with E-state index in [9.17, 15) is 4.79 Å². The van der Waals surface area contributed by atoms with Crippen molar-refractivity contribution < 1.29 is 4.79 Å². The normalized spacial score (nSPS) is 15.1. The van der Waals surface area contributed by atoms with Crippen molar-refractivity contribution in [3.63, 3.8) is 0 Å². The van der Waals surface area contributed by atoms with Gasteiger partial charge in [-0.3, -0.25) is 4.79 Å². The highest BCUT2D eigenvalue weighted by atomic mass is 35.5. The average molecular weight is 300 g/mol. The van der Waals surface area contributed by atoms with Crippen molar-refractivity contribution >= 4 is 29.1 Å². The smallest absolute Gasteiger partial charge is 0.227 e. The molecular formula is C15H19Cl2NO. The third-order valence-electron chi connectivity index (χ3n) is 3.64. The second-order valence-corrected chi connectivity index (χ2v) is 5.83. The Balaban J connectivity index is 1.96. The van der Waals surface area contributed by atoms with Crippen molar-refractivity contribution in [2.24, 2.45) is 0 Å². The first-order chi connectivity index (χ1) is 9.20. The summed E-state index contributed by atoms with van der Waals surface area (Å²) in [5.41, 5.74) is 1.02. The molecule has 0 bridgehead atoms. The molecule has 1 aliphatic rings. The number of hydrogen-bond acceptors (Lipinski definition) is 1. The molecule has 1 fully saturated rings. The first-order valence-electron chi connectivity index (χ1n) is 6.80. The molecule has 1 amide bonds. The van der Waals surface area contributed by atoms with Crippen LogP contribution in [0, 0.1) is 0 Å². The van der Waals surface area contributed by atoms with Crippen LogP contribution in [0.1, 0.15) is 31.2 Å². The third-order valence-corrected chi connectivity index (χ3v) is 4.16. The quantitative estimate of drug-likeness (QED) is 0.730. The largest absolute Gasteiger partial charge is 0.339 e. The van der Waals surface area contributed by atoms with Crippen molar-refractivity contribution in [1.29, 1.82) is 0 Å². The molecule has 0 N–H and O–H groups in total. The Kier molecular flexibility index (Phi) is 5.53. The number of carbonyl (C=O) groups is 1. The molecule has 0 radical (unpaired) electrons. The zero-order valence-corrected chi connectivity index (χ0v) is 12.5. The van der Waals surface area contributed by atoms with Gasteiger partial charge in [0.1, 0.15) is 0 Å². The van der Waals surface area contributed by atoms with Crippen LogP contribution >= 0.6 is 23.2 Å². The van der Waals surface area contributed by atoms with Crippen molar-refractivity contribution in [1.82, 2.24) is 4.90 Å². The standard InChI is InChI=1S/C15H19Cl2NO/c16-9-2-10-18(14-3-1-4-14)15(19)11-12-5-7-13(17)8-6-12/h5-8,14H,1-4,9-11H2. The van der Waals surface area contributed by atoms with Gasteiger partial charge >= 0.3 is 0 Å². The van der Waals surface area contributed by atoms with Gasteiger partial charge in [0.2, 0.25) is 5.91 Å². The minimum absolute atomic E-state index is 0.206. The summed E-state index contributed by atoms with van der Waals surface area (Å²) in [6.45, 7) is 0.778. The summed E-state index contributed by atoms with van der Waals surface area (Å²) in [5.74, 6) is 0.814. The minimum Gasteiger partial charge on any atom is -0.339 e. The second kappa shape index (κ2) is 7.16. The van der Waals surface area contributed by atoms with E-state index in [1.807, 2.05) is 29.2 Å². The van der Waals surface area contributed by atoms with E-state index in [1.165, 1.54) is 6.42 Å². The van der Waals surface area contributed by atoms with Crippen molar-refractivity contribution in [3.8, 4) is 0 Å². The van der Waals surface area contributed by atoms with E-state index >= 15 is 0 Å². The number of nitrogens with zero attached hydrogens (tertiary/aromatic N) is 1. The van der Waals surface area contributed by atoms with Gasteiger partial charge in [-0.15, -0.1) is 11.6 Å². The van der Waals surface area contributed by atoms with Crippen LogP contribution in [-0.2, 0) is 11.2 Å². The summed E-state index contributed by atoms with van der Waals surface area (Å²) in [4.78, 5) is 14.4. The first-order valence-corrected chi connectivity index (χ1v) is 7.72. The molecule has 4 heteroatoms. The second-order valence-electron chi connectivity index (χ2n) is 5.02. The summed E-state index contributed by atoms with van der Waals surface area (Å²) in [7, 11) is 0. The Hall–Kier alpha value is -0.730. The van der Waals surface area contributed by atoms with Crippen LogP contribution < -0.4 is 0 Å². The van der Waals surface area contributed by atoms with Crippen LogP contribution in [0.3, 0.4) is 0 Å². The van der Waals surface area contributed by atoms with Crippen LogP contribution in [0.25, 0.3) is 0 Å². The Morgan fingerprint density at radius 2 is 1.95 bits per heavy atom. The van der Waals surface area contributed by atoms with Gasteiger partial charge in [0.15, 0.2) is 0 Å². The lowest BCUT2D eigenvalue weighted by molar-refractivity contribution is -0.134. The van der Waals surface area contributed by atoms with E-state index in [4.69, 9.17) is 23.2 Å². The average Bonchev–Trinajstić information content (AvgIpc) is 2.34. The number of halogens is 2. The zero-order valence-electron chi connectivity index (χ0n) is 10.9. The number of alkyl halides is 1. The topological polar surface area (TPSA) is 20.3 Å². The number of benzene rings is 1. The van der Waals surface area contributed by atoms with Gasteiger partial charge in [0, 0.05) is 23.5 Å². The minimum atomic E-state index is 0.206. The fourth-order valence-electron chi connectivity index (χ4n) is 2.32. The van der Waals surface area contributed by atoms with Crippen LogP contribution in [0.15, 0.2) is 24.3 Å². The Bertz CT molecular complexity index is 415. The molecule has 1 aromatic rings. The summed E-state index contributed by atoms with van der Waals surface area (Å²) in [5, 5.41) is 0.703. The molecule has 2 nitrogen and oxygen atoms in total. The molecule has 1 saturated carbocycles. The number of carbonyl (C=O) groups excluding carboxylic acids is 1. The van der Waals surface area contributed by atoms with E-state index in [-0.39, 0.29) is 5.91 Å². The number of amides is 1. The van der Waals surface area contributed by atoms with Crippen LogP contribution in [0.2, 0.25) is 5.02 Å². The fraction of sp³-hybridized carbons (Fsp3) is 0.533. The monoisotopic (exact) mass is 299 g/mol. The fourth-order valence-corrected chi connectivity index (χ4v) is 2.56. The third kappa shape index (κ3) is 4.12. The van der Waals surface area contributed by atoms with Crippen LogP contribution in [0.4, 0.5) is 0 Å². The van der Waals surface area contributed by atoms with Gasteiger partial charge in [-0.2, -0.15) is 0 Å². The first kappa shape index (κ1) is 14.7. The van der Waals surface area contributed by atoms with Crippen LogP contribution in [0.5, 0.6) is 0 Å². The summed E-state index contributed by atoms with van der Waals surface area (Å²) >= 11 is 11.6. The highest BCUT2D eigenvalue weighted by molar-refractivity contribution is 6.30. The summed E-state index contributed by atoms with van der Waals surface area (Å²) < 4.78 is 0. The Labute approximate surface area is 124 Å². The van der Waals surface area contributed by atoms with Crippen molar-refractivity contribution in [2.75, 3.05) is 12.4 Å². The predicted molar refractivity (Wildman–Crippen MR) is 79.8 cm³/mol. The maximum absolute atomic E-state index is 12.4. The van der Waals surface area contributed by atoms with E-state index in [1.54, 1.807) is 0 Å². The molecule has 1 aliphatic carbocycles. The Morgan fingerprint density at radius 1 is 1.26 bits per heavy atom. The highest BCUT2D eigenvalue weighted by Gasteiger charge is 2.28. The molecule has 19 heavy (non-hydrogen) atoms. The lowest BCUT2D eigenvalue weighted by Gasteiger charge is -2.37. The van der Waals surface area contributed by atoms with Gasteiger partial charge in [-0.1, -0.05) is 23.7 Å². The Morgan fingerprint density at radius 3 is 2.47 bits per heavy atom. The van der Waals surface area contributed by atoms with Gasteiger partial charge < -0.3 is 4.90 Å². The van der Waals surface area contributed by atoms with Crippen LogP contribution in [-0.4, -0.2) is 29.3 Å². The van der Waals surface area contributed by atoms with E-state index < -0.39 is 0 Å². The molecule has 0 aliphatic heterocycles. The van der Waals surface area contributed by atoms with Gasteiger partial charge in [0.25, 0.3) is 0 Å². The van der Waals surface area contributed by atoms with Crippen molar-refractivity contribution in [2.45, 2.75) is 38.1 Å². The predicted octanol–water partition coefficient (Wildman–Crippen LogP) is 3.89. The molecular weight excluding hydrogens is 281 g/mol. The molecule has 1 aromatic carbocycles. The van der Waals surface area contributed by atoms with E-state index in [2.05, 4.69) is 0 Å². The molecule has 0 atom stereocenters. The molecule has 0 unspecified atom stereocenters. The molecule has 2 rings (SSSR count). The number of hydrogen-bond donors (Lipinski definition) is 0. The summed E-state index contributed by atoms with van der Waals surface area (Å²) in [6.07, 6.45) is 4.82. The maximum atomic E-state index is 12.4. The molecule has 104 valence electrons. The molecule has 0 aromatic heterocycles. The van der Waals surface area contributed by atoms with Crippen molar-refractivity contribution in [3.05, 3.63) is 34.9 Å². The number of rotatable bonds is 6. The lowest BCUT2D eigenvalue weighted by Crippen LogP contribution is -2.45. The SMILES string of the molecule is O=C(Cc1ccc(Cl)cc1)N(CCCCl)C1CCC1. The van der Waals surface area contributed by atoms with Gasteiger partial charge in [-0.05, 0) is 43.4 Å². The highest BCUT2D eigenvalue weighted by Crippen LogP contribution is 2.25. The van der Waals surface area contributed by atoms with Gasteiger partial charge in [0.05, 0.1) is 6.42 Å². The van der Waals surface area contributed by atoms with Gasteiger partial charge in [-0.25, -0.2) is 0 Å². The van der Waals surface area contributed by atoms with E-state index in [0.717, 1.165) is 31.4 Å². The molecule has 0 saturated heterocycles. The lowest BCUT2D eigenvalue weighted by atomic mass is 9.91. The summed E-state index contributed by atoms with van der Waals surface area (Å²) in [6, 6.07) is 7.93.